The highest BCUT2D eigenvalue weighted by Gasteiger charge is 2.23. The summed E-state index contributed by atoms with van der Waals surface area (Å²) < 4.78 is 19.3. The second-order valence-electron chi connectivity index (χ2n) is 6.16. The number of rotatable bonds is 8. The summed E-state index contributed by atoms with van der Waals surface area (Å²) >= 11 is 0. The zero-order chi connectivity index (χ0) is 17.4. The van der Waals surface area contributed by atoms with Crippen molar-refractivity contribution in [1.29, 1.82) is 0 Å². The van der Waals surface area contributed by atoms with E-state index in [2.05, 4.69) is 10.2 Å². The maximum atomic E-state index is 14.0. The van der Waals surface area contributed by atoms with Gasteiger partial charge in [0.25, 0.3) is 0 Å². The van der Waals surface area contributed by atoms with Crippen molar-refractivity contribution in [3.05, 3.63) is 29.6 Å². The standard InChI is InChI=1S/C18H28FN3O2/c1-2-24-17-7-6-14(11-16(17)19)13-22-10-4-3-5-15(22)12-21-18(23)8-9-20/h6-7,11,15H,2-5,8-10,12-13,20H2,1H3,(H,21,23). The van der Waals surface area contributed by atoms with Gasteiger partial charge in [0.15, 0.2) is 11.6 Å². The van der Waals surface area contributed by atoms with Gasteiger partial charge in [-0.2, -0.15) is 0 Å². The second-order valence-corrected chi connectivity index (χ2v) is 6.16. The Hall–Kier alpha value is -1.66. The van der Waals surface area contributed by atoms with E-state index in [1.54, 1.807) is 12.1 Å². The topological polar surface area (TPSA) is 67.6 Å². The minimum absolute atomic E-state index is 0.00450. The van der Waals surface area contributed by atoms with Crippen LogP contribution in [0.5, 0.6) is 5.75 Å². The van der Waals surface area contributed by atoms with Crippen LogP contribution in [0.2, 0.25) is 0 Å². The van der Waals surface area contributed by atoms with Gasteiger partial charge in [-0.3, -0.25) is 9.69 Å². The number of nitrogens with one attached hydrogen (secondary N) is 1. The van der Waals surface area contributed by atoms with Crippen LogP contribution >= 0.6 is 0 Å². The first-order valence-corrected chi connectivity index (χ1v) is 8.76. The van der Waals surface area contributed by atoms with Gasteiger partial charge in [-0.1, -0.05) is 12.5 Å². The lowest BCUT2D eigenvalue weighted by Crippen LogP contribution is -2.46. The molecule has 1 aromatic rings. The molecule has 0 radical (unpaired) electrons. The van der Waals surface area contributed by atoms with Crippen LogP contribution in [0.3, 0.4) is 0 Å². The lowest BCUT2D eigenvalue weighted by atomic mass is 10.0. The molecule has 1 heterocycles. The first kappa shape index (κ1) is 18.7. The Kier molecular flexibility index (Phi) is 7.46. The molecule has 1 atom stereocenters. The molecule has 0 aliphatic carbocycles. The van der Waals surface area contributed by atoms with Crippen molar-refractivity contribution >= 4 is 5.91 Å². The third-order valence-corrected chi connectivity index (χ3v) is 4.34. The van der Waals surface area contributed by atoms with Gasteiger partial charge in [0.2, 0.25) is 5.91 Å². The molecule has 1 fully saturated rings. The molecule has 5 nitrogen and oxygen atoms in total. The summed E-state index contributed by atoms with van der Waals surface area (Å²) in [6.07, 6.45) is 3.69. The zero-order valence-corrected chi connectivity index (χ0v) is 14.4. The summed E-state index contributed by atoms with van der Waals surface area (Å²) in [5.41, 5.74) is 6.33. The van der Waals surface area contributed by atoms with Crippen molar-refractivity contribution in [2.24, 2.45) is 5.73 Å². The van der Waals surface area contributed by atoms with Crippen LogP contribution in [0.25, 0.3) is 0 Å². The van der Waals surface area contributed by atoms with E-state index in [0.717, 1.165) is 31.4 Å². The predicted molar refractivity (Wildman–Crippen MR) is 92.3 cm³/mol. The van der Waals surface area contributed by atoms with Gasteiger partial charge in [-0.25, -0.2) is 4.39 Å². The summed E-state index contributed by atoms with van der Waals surface area (Å²) in [4.78, 5) is 13.9. The van der Waals surface area contributed by atoms with Gasteiger partial charge in [-0.15, -0.1) is 0 Å². The highest BCUT2D eigenvalue weighted by atomic mass is 19.1. The number of amides is 1. The van der Waals surface area contributed by atoms with Gasteiger partial charge in [-0.05, 0) is 44.0 Å². The van der Waals surface area contributed by atoms with E-state index in [1.807, 2.05) is 13.0 Å². The predicted octanol–water partition coefficient (Wildman–Crippen LogP) is 2.04. The molecule has 24 heavy (non-hydrogen) atoms. The van der Waals surface area contributed by atoms with E-state index < -0.39 is 0 Å². The van der Waals surface area contributed by atoms with Crippen LogP contribution in [0.15, 0.2) is 18.2 Å². The molecule has 1 aromatic carbocycles. The number of nitrogens with zero attached hydrogens (tertiary/aromatic N) is 1. The van der Waals surface area contributed by atoms with Gasteiger partial charge in [0, 0.05) is 32.1 Å². The Labute approximate surface area is 143 Å². The average Bonchev–Trinajstić information content (AvgIpc) is 2.57. The van der Waals surface area contributed by atoms with E-state index in [4.69, 9.17) is 10.5 Å². The number of hydrogen-bond donors (Lipinski definition) is 2. The van der Waals surface area contributed by atoms with Gasteiger partial charge < -0.3 is 15.8 Å². The van der Waals surface area contributed by atoms with Crippen molar-refractivity contribution in [3.8, 4) is 5.75 Å². The fraction of sp³-hybridized carbons (Fsp3) is 0.611. The fourth-order valence-corrected chi connectivity index (χ4v) is 3.10. The molecule has 1 amide bonds. The molecule has 6 heteroatoms. The summed E-state index contributed by atoms with van der Waals surface area (Å²) in [6.45, 7) is 4.93. The zero-order valence-electron chi connectivity index (χ0n) is 14.4. The van der Waals surface area contributed by atoms with Crippen LogP contribution in [-0.4, -0.2) is 43.1 Å². The van der Waals surface area contributed by atoms with Gasteiger partial charge in [0.05, 0.1) is 6.61 Å². The minimum Gasteiger partial charge on any atom is -0.491 e. The molecule has 3 N–H and O–H groups in total. The monoisotopic (exact) mass is 337 g/mol. The van der Waals surface area contributed by atoms with Crippen LogP contribution in [0, 0.1) is 5.82 Å². The van der Waals surface area contributed by atoms with Crippen molar-refractivity contribution in [2.75, 3.05) is 26.2 Å². The molecule has 134 valence electrons. The van der Waals surface area contributed by atoms with Crippen molar-refractivity contribution in [2.45, 2.75) is 45.2 Å². The lowest BCUT2D eigenvalue weighted by Gasteiger charge is -2.36. The molecule has 0 spiro atoms. The van der Waals surface area contributed by atoms with Crippen LogP contribution in [0.1, 0.15) is 38.2 Å². The molecule has 1 unspecified atom stereocenters. The summed E-state index contributed by atoms with van der Waals surface area (Å²) in [7, 11) is 0. The number of carbonyl (C=O) groups is 1. The Morgan fingerprint density at radius 1 is 1.46 bits per heavy atom. The van der Waals surface area contributed by atoms with Crippen molar-refractivity contribution in [1.82, 2.24) is 10.2 Å². The summed E-state index contributed by atoms with van der Waals surface area (Å²) in [6, 6.07) is 5.43. The molecule has 1 saturated heterocycles. The van der Waals surface area contributed by atoms with E-state index in [9.17, 15) is 9.18 Å². The van der Waals surface area contributed by atoms with Crippen LogP contribution in [0.4, 0.5) is 4.39 Å². The van der Waals surface area contributed by atoms with Gasteiger partial charge in [0.1, 0.15) is 0 Å². The second kappa shape index (κ2) is 9.59. The molecule has 1 aliphatic heterocycles. The van der Waals surface area contributed by atoms with E-state index in [1.165, 1.54) is 0 Å². The molecule has 0 aromatic heterocycles. The maximum Gasteiger partial charge on any atom is 0.221 e. The Morgan fingerprint density at radius 2 is 2.29 bits per heavy atom. The number of carbonyl (C=O) groups excluding carboxylic acids is 1. The summed E-state index contributed by atoms with van der Waals surface area (Å²) in [5.74, 6) is -0.0280. The average molecular weight is 337 g/mol. The van der Waals surface area contributed by atoms with Crippen LogP contribution < -0.4 is 15.8 Å². The normalized spacial score (nSPS) is 18.4. The van der Waals surface area contributed by atoms with E-state index in [0.29, 0.717) is 38.4 Å². The lowest BCUT2D eigenvalue weighted by molar-refractivity contribution is -0.121. The number of hydrogen-bond acceptors (Lipinski definition) is 4. The quantitative estimate of drug-likeness (QED) is 0.762. The first-order valence-electron chi connectivity index (χ1n) is 8.76. The highest BCUT2D eigenvalue weighted by molar-refractivity contribution is 5.76. The van der Waals surface area contributed by atoms with E-state index >= 15 is 0 Å². The van der Waals surface area contributed by atoms with Crippen molar-refractivity contribution in [3.63, 3.8) is 0 Å². The van der Waals surface area contributed by atoms with Crippen LogP contribution in [-0.2, 0) is 11.3 Å². The highest BCUT2D eigenvalue weighted by Crippen LogP contribution is 2.23. The number of ether oxygens (including phenoxy) is 1. The Morgan fingerprint density at radius 3 is 3.00 bits per heavy atom. The third kappa shape index (κ3) is 5.46. The number of halogens is 1. The maximum absolute atomic E-state index is 14.0. The molecule has 0 bridgehead atoms. The molecule has 0 saturated carbocycles. The molecule has 2 rings (SSSR count). The number of benzene rings is 1. The van der Waals surface area contributed by atoms with Gasteiger partial charge >= 0.3 is 0 Å². The summed E-state index contributed by atoms with van der Waals surface area (Å²) in [5, 5.41) is 2.95. The Bertz CT molecular complexity index is 539. The molecular weight excluding hydrogens is 309 g/mol. The fourth-order valence-electron chi connectivity index (χ4n) is 3.10. The van der Waals surface area contributed by atoms with E-state index in [-0.39, 0.29) is 17.8 Å². The third-order valence-electron chi connectivity index (χ3n) is 4.34. The SMILES string of the molecule is CCOc1ccc(CN2CCCCC2CNC(=O)CCN)cc1F. The largest absolute Gasteiger partial charge is 0.491 e. The molecule has 1 aliphatic rings. The van der Waals surface area contributed by atoms with Crippen molar-refractivity contribution < 1.29 is 13.9 Å². The number of likely N-dealkylation sites (tertiary alicyclic amines) is 1. The first-order chi connectivity index (χ1) is 11.6. The molecular formula is C18H28FN3O2. The Balaban J connectivity index is 1.95. The minimum atomic E-state index is -0.320. The number of nitrogens with two attached hydrogens (primary N) is 1. The smallest absolute Gasteiger partial charge is 0.221 e. The number of piperidine rings is 1.